The Kier molecular flexibility index (Phi) is 4.28. The van der Waals surface area contributed by atoms with Gasteiger partial charge in [-0.2, -0.15) is 4.52 Å². The zero-order chi connectivity index (χ0) is 18.2. The van der Waals surface area contributed by atoms with E-state index in [0.717, 1.165) is 48.0 Å². The summed E-state index contributed by atoms with van der Waals surface area (Å²) in [5, 5.41) is 13.5. The van der Waals surface area contributed by atoms with Crippen molar-refractivity contribution in [2.45, 2.75) is 44.7 Å². The lowest BCUT2D eigenvalue weighted by molar-refractivity contribution is 0.163. The van der Waals surface area contributed by atoms with E-state index in [4.69, 9.17) is 5.10 Å². The average Bonchev–Trinajstić information content (AvgIpc) is 3.34. The van der Waals surface area contributed by atoms with Crippen molar-refractivity contribution < 1.29 is 0 Å². The van der Waals surface area contributed by atoms with Gasteiger partial charge >= 0.3 is 0 Å². The van der Waals surface area contributed by atoms with E-state index in [1.54, 1.807) is 0 Å². The second-order valence-corrected chi connectivity index (χ2v) is 7.80. The highest BCUT2D eigenvalue weighted by Crippen LogP contribution is 2.27. The molecule has 6 nitrogen and oxygen atoms in total. The van der Waals surface area contributed by atoms with E-state index in [0.29, 0.717) is 0 Å². The van der Waals surface area contributed by atoms with Crippen LogP contribution >= 0.6 is 0 Å². The number of fused-ring (bicyclic) bond motifs is 1. The molecule has 1 atom stereocenters. The highest BCUT2D eigenvalue weighted by molar-refractivity contribution is 5.59. The van der Waals surface area contributed by atoms with Gasteiger partial charge in [0.2, 0.25) is 0 Å². The predicted molar refractivity (Wildman–Crippen MR) is 107 cm³/mol. The van der Waals surface area contributed by atoms with E-state index in [1.807, 2.05) is 40.9 Å². The summed E-state index contributed by atoms with van der Waals surface area (Å²) in [6.45, 7) is 5.79. The Labute approximate surface area is 159 Å². The molecule has 2 aromatic heterocycles. The summed E-state index contributed by atoms with van der Waals surface area (Å²) in [6.07, 6.45) is 5.15. The number of likely N-dealkylation sites (tertiary alicyclic amines) is 1. The largest absolute Gasteiger partial charge is 0.355 e. The first-order valence-corrected chi connectivity index (χ1v) is 10.1. The lowest BCUT2D eigenvalue weighted by Crippen LogP contribution is -2.46. The van der Waals surface area contributed by atoms with Crippen molar-refractivity contribution in [2.75, 3.05) is 24.5 Å². The van der Waals surface area contributed by atoms with Crippen LogP contribution in [0, 0.1) is 0 Å². The number of nitrogens with zero attached hydrogens (tertiary/aromatic N) is 6. The van der Waals surface area contributed by atoms with Crippen LogP contribution in [0.4, 0.5) is 5.82 Å². The molecule has 4 heterocycles. The first-order chi connectivity index (χ1) is 13.3. The zero-order valence-corrected chi connectivity index (χ0v) is 15.8. The topological polar surface area (TPSA) is 49.6 Å². The summed E-state index contributed by atoms with van der Waals surface area (Å²) < 4.78 is 1.87. The van der Waals surface area contributed by atoms with Crippen LogP contribution < -0.4 is 4.90 Å². The van der Waals surface area contributed by atoms with E-state index in [1.165, 1.54) is 32.2 Å². The normalized spacial score (nSPS) is 22.0. The van der Waals surface area contributed by atoms with Crippen LogP contribution in [0.3, 0.4) is 0 Å². The second kappa shape index (κ2) is 6.93. The van der Waals surface area contributed by atoms with E-state index < -0.39 is 0 Å². The molecule has 140 valence electrons. The maximum Gasteiger partial charge on any atom is 0.185 e. The SMILES string of the molecule is CC1CCCN1C1CCN(c2ccc3nnc(-c4ccccc4)n3n2)CC1. The van der Waals surface area contributed by atoms with Gasteiger partial charge in [-0.1, -0.05) is 30.3 Å². The van der Waals surface area contributed by atoms with Crippen molar-refractivity contribution in [1.82, 2.24) is 24.7 Å². The minimum absolute atomic E-state index is 0.734. The van der Waals surface area contributed by atoms with Gasteiger partial charge in [0.1, 0.15) is 5.82 Å². The third-order valence-electron chi connectivity index (χ3n) is 6.14. The third kappa shape index (κ3) is 3.08. The van der Waals surface area contributed by atoms with E-state index in [2.05, 4.69) is 33.0 Å². The maximum atomic E-state index is 4.88. The lowest BCUT2D eigenvalue weighted by Gasteiger charge is -2.39. The molecule has 2 aliphatic rings. The van der Waals surface area contributed by atoms with Crippen LogP contribution in [0.1, 0.15) is 32.6 Å². The van der Waals surface area contributed by atoms with Crippen molar-refractivity contribution in [2.24, 2.45) is 0 Å². The van der Waals surface area contributed by atoms with Gasteiger partial charge in [-0.25, -0.2) is 0 Å². The molecule has 0 bridgehead atoms. The van der Waals surface area contributed by atoms with E-state index in [9.17, 15) is 0 Å². The van der Waals surface area contributed by atoms with Crippen LogP contribution in [-0.2, 0) is 0 Å². The fourth-order valence-corrected chi connectivity index (χ4v) is 4.64. The van der Waals surface area contributed by atoms with Crippen molar-refractivity contribution in [1.29, 1.82) is 0 Å². The summed E-state index contributed by atoms with van der Waals surface area (Å²) in [5.74, 6) is 1.82. The standard InChI is InChI=1S/C21H26N6/c1-16-6-5-13-26(16)18-11-14-25(15-12-18)20-10-9-19-22-23-21(27(19)24-20)17-7-3-2-4-8-17/h2-4,7-10,16,18H,5-6,11-15H2,1H3. The molecule has 27 heavy (non-hydrogen) atoms. The molecule has 0 spiro atoms. The number of hydrogen-bond acceptors (Lipinski definition) is 5. The maximum absolute atomic E-state index is 4.88. The molecular weight excluding hydrogens is 336 g/mol. The molecule has 0 amide bonds. The number of benzene rings is 1. The van der Waals surface area contributed by atoms with Crippen molar-refractivity contribution in [3.8, 4) is 11.4 Å². The van der Waals surface area contributed by atoms with Gasteiger partial charge in [0.25, 0.3) is 0 Å². The minimum Gasteiger partial charge on any atom is -0.355 e. The van der Waals surface area contributed by atoms with Crippen LogP contribution in [0.2, 0.25) is 0 Å². The minimum atomic E-state index is 0.734. The molecule has 2 aliphatic heterocycles. The van der Waals surface area contributed by atoms with Gasteiger partial charge in [-0.05, 0) is 51.3 Å². The van der Waals surface area contributed by atoms with E-state index >= 15 is 0 Å². The van der Waals surface area contributed by atoms with E-state index in [-0.39, 0.29) is 0 Å². The van der Waals surface area contributed by atoms with Crippen molar-refractivity contribution >= 4 is 11.5 Å². The summed E-state index contributed by atoms with van der Waals surface area (Å²) in [4.78, 5) is 5.13. The molecule has 2 fully saturated rings. The van der Waals surface area contributed by atoms with Gasteiger partial charge < -0.3 is 4.90 Å². The molecule has 0 saturated carbocycles. The Morgan fingerprint density at radius 3 is 2.44 bits per heavy atom. The molecule has 0 radical (unpaired) electrons. The smallest absolute Gasteiger partial charge is 0.185 e. The average molecular weight is 362 g/mol. The van der Waals surface area contributed by atoms with Crippen LogP contribution in [-0.4, -0.2) is 56.4 Å². The number of hydrogen-bond donors (Lipinski definition) is 0. The molecule has 6 heteroatoms. The van der Waals surface area contributed by atoms with Gasteiger partial charge in [0.05, 0.1) is 0 Å². The van der Waals surface area contributed by atoms with Crippen LogP contribution in [0.25, 0.3) is 17.0 Å². The summed E-state index contributed by atoms with van der Waals surface area (Å²) in [5.41, 5.74) is 1.83. The van der Waals surface area contributed by atoms with Gasteiger partial charge in [-0.15, -0.1) is 15.3 Å². The molecule has 2 saturated heterocycles. The number of aromatic nitrogens is 4. The molecule has 0 aliphatic carbocycles. The Hall–Kier alpha value is -2.47. The Morgan fingerprint density at radius 1 is 0.889 bits per heavy atom. The second-order valence-electron chi connectivity index (χ2n) is 7.80. The predicted octanol–water partition coefficient (Wildman–Crippen LogP) is 3.24. The molecular formula is C21H26N6. The first-order valence-electron chi connectivity index (χ1n) is 10.1. The quantitative estimate of drug-likeness (QED) is 0.716. The van der Waals surface area contributed by atoms with Crippen LogP contribution in [0.5, 0.6) is 0 Å². The summed E-state index contributed by atoms with van der Waals surface area (Å²) >= 11 is 0. The fraction of sp³-hybridized carbons (Fsp3) is 0.476. The number of rotatable bonds is 3. The summed E-state index contributed by atoms with van der Waals surface area (Å²) in [6, 6.07) is 15.7. The fourth-order valence-electron chi connectivity index (χ4n) is 4.64. The van der Waals surface area contributed by atoms with Crippen LogP contribution in [0.15, 0.2) is 42.5 Å². The Balaban J connectivity index is 1.37. The summed E-state index contributed by atoms with van der Waals surface area (Å²) in [7, 11) is 0. The number of anilines is 1. The van der Waals surface area contributed by atoms with Gasteiger partial charge in [-0.3, -0.25) is 4.90 Å². The van der Waals surface area contributed by atoms with Crippen molar-refractivity contribution in [3.05, 3.63) is 42.5 Å². The molecule has 1 aromatic carbocycles. The van der Waals surface area contributed by atoms with Gasteiger partial charge in [0, 0.05) is 30.7 Å². The Bertz CT molecular complexity index is 913. The lowest BCUT2D eigenvalue weighted by atomic mass is 10.0. The zero-order valence-electron chi connectivity index (χ0n) is 15.8. The monoisotopic (exact) mass is 362 g/mol. The number of piperidine rings is 1. The highest BCUT2D eigenvalue weighted by atomic mass is 15.4. The first kappa shape index (κ1) is 16.7. The van der Waals surface area contributed by atoms with Gasteiger partial charge in [0.15, 0.2) is 11.5 Å². The molecule has 5 rings (SSSR count). The van der Waals surface area contributed by atoms with Crippen molar-refractivity contribution in [3.63, 3.8) is 0 Å². The molecule has 1 unspecified atom stereocenters. The molecule has 0 N–H and O–H groups in total. The molecule has 3 aromatic rings. The highest BCUT2D eigenvalue weighted by Gasteiger charge is 2.30. The third-order valence-corrected chi connectivity index (χ3v) is 6.14. The Morgan fingerprint density at radius 2 is 1.70 bits per heavy atom.